The van der Waals surface area contributed by atoms with Crippen LogP contribution >= 0.6 is 11.6 Å². The number of piperidine rings is 1. The Labute approximate surface area is 139 Å². The summed E-state index contributed by atoms with van der Waals surface area (Å²) in [5.74, 6) is -2.40. The van der Waals surface area contributed by atoms with E-state index in [4.69, 9.17) is 16.7 Å². The maximum Gasteiger partial charge on any atom is 0.435 e. The standard InChI is InChI=1S/C13H14ClF3N4O3/c1-6(22)18-8-9(13(15,16)17)19-12(14)20-10(8)21-4-2-7(3-5-21)11(23)24/h7H,2-5H2,1H3,(H,18,22)(H,23,24). The van der Waals surface area contributed by atoms with Gasteiger partial charge in [-0.1, -0.05) is 0 Å². The van der Waals surface area contributed by atoms with Gasteiger partial charge in [-0.2, -0.15) is 18.2 Å². The van der Waals surface area contributed by atoms with Crippen molar-refractivity contribution >= 4 is 35.0 Å². The fourth-order valence-electron chi connectivity index (χ4n) is 2.49. The van der Waals surface area contributed by atoms with E-state index in [-0.39, 0.29) is 31.7 Å². The topological polar surface area (TPSA) is 95.4 Å². The summed E-state index contributed by atoms with van der Waals surface area (Å²) in [5.41, 5.74) is -1.92. The van der Waals surface area contributed by atoms with E-state index in [0.29, 0.717) is 0 Å². The number of halogens is 4. The third kappa shape index (κ3) is 4.05. The SMILES string of the molecule is CC(=O)Nc1c(N2CCC(C(=O)O)CC2)nc(Cl)nc1C(F)(F)F. The van der Waals surface area contributed by atoms with Crippen LogP contribution < -0.4 is 10.2 Å². The number of nitrogens with one attached hydrogen (secondary N) is 1. The molecule has 0 aromatic carbocycles. The maximum atomic E-state index is 13.2. The highest BCUT2D eigenvalue weighted by molar-refractivity contribution is 6.28. The Kier molecular flexibility index (Phi) is 5.16. The summed E-state index contributed by atoms with van der Waals surface area (Å²) in [7, 11) is 0. The Hall–Kier alpha value is -2.10. The Bertz CT molecular complexity index is 661. The second-order valence-corrected chi connectivity index (χ2v) is 5.66. The first-order valence-electron chi connectivity index (χ1n) is 6.99. The van der Waals surface area contributed by atoms with Crippen LogP contribution in [0.4, 0.5) is 24.7 Å². The lowest BCUT2D eigenvalue weighted by Crippen LogP contribution is -2.37. The number of carbonyl (C=O) groups excluding carboxylic acids is 1. The van der Waals surface area contributed by atoms with Gasteiger partial charge in [0.15, 0.2) is 11.5 Å². The van der Waals surface area contributed by atoms with Crippen molar-refractivity contribution in [2.24, 2.45) is 5.92 Å². The zero-order chi connectivity index (χ0) is 18.1. The monoisotopic (exact) mass is 366 g/mol. The molecule has 1 aliphatic heterocycles. The number of anilines is 2. The molecule has 1 aliphatic rings. The van der Waals surface area contributed by atoms with Gasteiger partial charge >= 0.3 is 12.1 Å². The van der Waals surface area contributed by atoms with E-state index in [1.54, 1.807) is 0 Å². The largest absolute Gasteiger partial charge is 0.481 e. The van der Waals surface area contributed by atoms with Crippen molar-refractivity contribution in [3.63, 3.8) is 0 Å². The highest BCUT2D eigenvalue weighted by atomic mass is 35.5. The second-order valence-electron chi connectivity index (χ2n) is 5.32. The third-order valence-electron chi connectivity index (χ3n) is 3.58. The van der Waals surface area contributed by atoms with Crippen molar-refractivity contribution in [1.82, 2.24) is 9.97 Å². The van der Waals surface area contributed by atoms with Gasteiger partial charge < -0.3 is 15.3 Å². The van der Waals surface area contributed by atoms with Crippen LogP contribution in [0.1, 0.15) is 25.5 Å². The fourth-order valence-corrected chi connectivity index (χ4v) is 2.65. The van der Waals surface area contributed by atoms with Gasteiger partial charge in [0.05, 0.1) is 5.92 Å². The van der Waals surface area contributed by atoms with Crippen LogP contribution in [0.15, 0.2) is 0 Å². The van der Waals surface area contributed by atoms with Gasteiger partial charge in [-0.3, -0.25) is 9.59 Å². The molecule has 1 amide bonds. The quantitative estimate of drug-likeness (QED) is 0.798. The number of alkyl halides is 3. The fraction of sp³-hybridized carbons (Fsp3) is 0.538. The molecule has 0 unspecified atom stereocenters. The van der Waals surface area contributed by atoms with Crippen LogP contribution in [-0.4, -0.2) is 40.0 Å². The second kappa shape index (κ2) is 6.80. The minimum atomic E-state index is -4.83. The smallest absolute Gasteiger partial charge is 0.435 e. The van der Waals surface area contributed by atoms with E-state index in [1.165, 1.54) is 4.90 Å². The molecule has 0 bridgehead atoms. The summed E-state index contributed by atoms with van der Waals surface area (Å²) in [6.45, 7) is 1.41. The first-order valence-corrected chi connectivity index (χ1v) is 7.37. The molecule has 0 spiro atoms. The molecule has 1 aromatic heterocycles. The number of amides is 1. The average Bonchev–Trinajstić information content (AvgIpc) is 2.47. The molecule has 1 aromatic rings. The molecular formula is C13H14ClF3N4O3. The number of hydrogen-bond acceptors (Lipinski definition) is 5. The van der Waals surface area contributed by atoms with Gasteiger partial charge in [0.25, 0.3) is 0 Å². The van der Waals surface area contributed by atoms with Gasteiger partial charge in [0, 0.05) is 20.0 Å². The van der Waals surface area contributed by atoms with E-state index in [2.05, 4.69) is 15.3 Å². The molecule has 0 atom stereocenters. The molecule has 24 heavy (non-hydrogen) atoms. The van der Waals surface area contributed by atoms with Crippen molar-refractivity contribution < 1.29 is 27.9 Å². The van der Waals surface area contributed by atoms with Crippen LogP contribution in [0.25, 0.3) is 0 Å². The van der Waals surface area contributed by atoms with Crippen LogP contribution in [-0.2, 0) is 15.8 Å². The van der Waals surface area contributed by atoms with Gasteiger partial charge in [0.2, 0.25) is 11.2 Å². The van der Waals surface area contributed by atoms with Gasteiger partial charge in [-0.25, -0.2) is 4.98 Å². The van der Waals surface area contributed by atoms with Gasteiger partial charge in [-0.15, -0.1) is 0 Å². The molecule has 1 fully saturated rings. The summed E-state index contributed by atoms with van der Waals surface area (Å²) >= 11 is 5.61. The molecule has 2 rings (SSSR count). The number of aromatic nitrogens is 2. The predicted octanol–water partition coefficient (Wildman–Crippen LogP) is 2.41. The summed E-state index contributed by atoms with van der Waals surface area (Å²) in [5, 5.41) is 10.5. The molecule has 0 radical (unpaired) electrons. The highest BCUT2D eigenvalue weighted by Gasteiger charge is 2.39. The summed E-state index contributed by atoms with van der Waals surface area (Å²) < 4.78 is 39.6. The minimum Gasteiger partial charge on any atom is -0.481 e. The van der Waals surface area contributed by atoms with Crippen molar-refractivity contribution in [2.75, 3.05) is 23.3 Å². The van der Waals surface area contributed by atoms with Crippen molar-refractivity contribution in [3.8, 4) is 0 Å². The summed E-state index contributed by atoms with van der Waals surface area (Å²) in [6, 6.07) is 0. The Balaban J connectivity index is 2.43. The lowest BCUT2D eigenvalue weighted by atomic mass is 9.97. The zero-order valence-corrected chi connectivity index (χ0v) is 13.3. The van der Waals surface area contributed by atoms with E-state index in [0.717, 1.165) is 6.92 Å². The zero-order valence-electron chi connectivity index (χ0n) is 12.5. The maximum absolute atomic E-state index is 13.2. The predicted molar refractivity (Wildman–Crippen MR) is 78.9 cm³/mol. The molecule has 2 N–H and O–H groups in total. The Morgan fingerprint density at radius 2 is 1.88 bits per heavy atom. The molecular weight excluding hydrogens is 353 g/mol. The van der Waals surface area contributed by atoms with Gasteiger partial charge in [-0.05, 0) is 24.4 Å². The third-order valence-corrected chi connectivity index (χ3v) is 3.74. The molecule has 1 saturated heterocycles. The molecule has 7 nitrogen and oxygen atoms in total. The van der Waals surface area contributed by atoms with Crippen LogP contribution in [0, 0.1) is 5.92 Å². The number of carbonyl (C=O) groups is 2. The molecule has 0 aliphatic carbocycles. The number of carboxylic acid groups (broad SMARTS) is 1. The van der Waals surface area contributed by atoms with Crippen LogP contribution in [0.2, 0.25) is 5.28 Å². The number of carboxylic acids is 1. The van der Waals surface area contributed by atoms with Gasteiger partial charge in [0.1, 0.15) is 5.69 Å². The number of hydrogen-bond donors (Lipinski definition) is 2. The van der Waals surface area contributed by atoms with Crippen LogP contribution in [0.3, 0.4) is 0 Å². The Morgan fingerprint density at radius 1 is 1.29 bits per heavy atom. The van der Waals surface area contributed by atoms with E-state index in [1.807, 2.05) is 0 Å². The molecule has 2 heterocycles. The summed E-state index contributed by atoms with van der Waals surface area (Å²) in [4.78, 5) is 30.7. The normalized spacial score (nSPS) is 16.1. The van der Waals surface area contributed by atoms with Crippen molar-refractivity contribution in [3.05, 3.63) is 11.0 Å². The van der Waals surface area contributed by atoms with Crippen molar-refractivity contribution in [1.29, 1.82) is 0 Å². The van der Waals surface area contributed by atoms with E-state index >= 15 is 0 Å². The minimum absolute atomic E-state index is 0.165. The van der Waals surface area contributed by atoms with E-state index < -0.39 is 40.6 Å². The molecule has 11 heteroatoms. The molecule has 132 valence electrons. The average molecular weight is 367 g/mol. The van der Waals surface area contributed by atoms with E-state index in [9.17, 15) is 22.8 Å². The number of aliphatic carboxylic acids is 1. The summed E-state index contributed by atoms with van der Waals surface area (Å²) in [6.07, 6.45) is -4.34. The first-order chi connectivity index (χ1) is 11.1. The lowest BCUT2D eigenvalue weighted by molar-refractivity contribution is -0.142. The number of rotatable bonds is 3. The molecule has 0 saturated carbocycles. The number of nitrogens with zero attached hydrogens (tertiary/aromatic N) is 3. The highest BCUT2D eigenvalue weighted by Crippen LogP contribution is 2.39. The lowest BCUT2D eigenvalue weighted by Gasteiger charge is -2.32. The van der Waals surface area contributed by atoms with Crippen molar-refractivity contribution in [2.45, 2.75) is 25.9 Å². The first kappa shape index (κ1) is 18.2. The van der Waals surface area contributed by atoms with Crippen LogP contribution in [0.5, 0.6) is 0 Å². The Morgan fingerprint density at radius 3 is 2.33 bits per heavy atom.